The molecule has 0 aromatic rings. The normalized spacial score (nSPS) is 17.4. The molecular formula is C6H11NS3. The average molecular weight is 193 g/mol. The zero-order valence-electron chi connectivity index (χ0n) is 6.01. The van der Waals surface area contributed by atoms with Crippen LogP contribution in [-0.2, 0) is 0 Å². The van der Waals surface area contributed by atoms with Gasteiger partial charge >= 0.3 is 0 Å². The Morgan fingerprint density at radius 2 is 2.40 bits per heavy atom. The Balaban J connectivity index is 4.10. The Hall–Kier alpha value is 0.280. The molecule has 1 nitrogen and oxygen atoms in total. The van der Waals surface area contributed by atoms with E-state index in [1.807, 2.05) is 13.8 Å². The summed E-state index contributed by atoms with van der Waals surface area (Å²) < 4.78 is 0.365. The maximum absolute atomic E-state index is 8.70. The number of rotatable bonds is 2. The van der Waals surface area contributed by atoms with E-state index in [4.69, 9.17) is 17.5 Å². The number of thiocarbonyl (C=S) groups is 1. The third-order valence-corrected chi connectivity index (χ3v) is 3.21. The van der Waals surface area contributed by atoms with Crippen LogP contribution < -0.4 is 0 Å². The highest BCUT2D eigenvalue weighted by Crippen LogP contribution is 2.29. The van der Waals surface area contributed by atoms with E-state index in [1.54, 1.807) is 0 Å². The number of nitriles is 1. The topological polar surface area (TPSA) is 23.8 Å². The lowest BCUT2D eigenvalue weighted by molar-refractivity contribution is 0.773. The molecule has 0 aliphatic heterocycles. The van der Waals surface area contributed by atoms with Crippen molar-refractivity contribution in [1.82, 2.24) is 0 Å². The standard InChI is InChI=1S/C6H11NS3/c1-3-6(2,4-7)10-5(8)9/h3,10H2,1-2H3,(H,8,9). The Labute approximate surface area is 76.6 Å². The summed E-state index contributed by atoms with van der Waals surface area (Å²) in [7, 11) is 0. The van der Waals surface area contributed by atoms with Crippen molar-refractivity contribution < 1.29 is 0 Å². The Morgan fingerprint density at radius 1 is 1.90 bits per heavy atom. The summed E-state index contributed by atoms with van der Waals surface area (Å²) in [4.78, 5) is 0. The van der Waals surface area contributed by atoms with Gasteiger partial charge in [0.15, 0.2) is 0 Å². The van der Waals surface area contributed by atoms with Crippen molar-refractivity contribution in [1.29, 1.82) is 5.26 Å². The fourth-order valence-electron chi connectivity index (χ4n) is 0.431. The summed E-state index contributed by atoms with van der Waals surface area (Å²) in [5.41, 5.74) is 0. The van der Waals surface area contributed by atoms with Gasteiger partial charge in [-0.3, -0.25) is 0 Å². The Bertz CT molecular complexity index is 172. The molecule has 0 aromatic heterocycles. The summed E-state index contributed by atoms with van der Waals surface area (Å²) in [6, 6.07) is 2.24. The average Bonchev–Trinajstić information content (AvgIpc) is 1.87. The predicted molar refractivity (Wildman–Crippen MR) is 56.3 cm³/mol. The SMILES string of the molecule is CCC(C)(C#N)[SH2]C(=S)S. The van der Waals surface area contributed by atoms with Crippen LogP contribution in [0.1, 0.15) is 20.3 Å². The van der Waals surface area contributed by atoms with Gasteiger partial charge in [0.1, 0.15) is 0 Å². The zero-order chi connectivity index (χ0) is 8.20. The van der Waals surface area contributed by atoms with Crippen molar-refractivity contribution in [3.63, 3.8) is 0 Å². The second-order valence-corrected chi connectivity index (χ2v) is 6.02. The van der Waals surface area contributed by atoms with Gasteiger partial charge in [0.05, 0.1) is 14.3 Å². The van der Waals surface area contributed by atoms with Crippen LogP contribution in [0.4, 0.5) is 0 Å². The predicted octanol–water partition coefficient (Wildman–Crippen LogP) is 2.09. The van der Waals surface area contributed by atoms with E-state index in [0.717, 1.165) is 6.42 Å². The minimum atomic E-state index is -0.279. The number of nitrogens with zero attached hydrogens (tertiary/aromatic N) is 1. The molecule has 10 heavy (non-hydrogen) atoms. The van der Waals surface area contributed by atoms with Gasteiger partial charge < -0.3 is 0 Å². The molecule has 0 saturated heterocycles. The quantitative estimate of drug-likeness (QED) is 0.536. The summed E-state index contributed by atoms with van der Waals surface area (Å²) in [5.74, 6) is 0. The monoisotopic (exact) mass is 193 g/mol. The van der Waals surface area contributed by atoms with Crippen LogP contribution in [0.25, 0.3) is 0 Å². The van der Waals surface area contributed by atoms with Crippen molar-refractivity contribution in [3.8, 4) is 6.07 Å². The van der Waals surface area contributed by atoms with E-state index < -0.39 is 0 Å². The molecule has 0 aliphatic rings. The minimum absolute atomic E-state index is 0.279. The molecule has 1 unspecified atom stereocenters. The molecule has 0 rings (SSSR count). The lowest BCUT2D eigenvalue weighted by Crippen LogP contribution is -2.16. The van der Waals surface area contributed by atoms with Gasteiger partial charge in [0.2, 0.25) is 0 Å². The zero-order valence-corrected chi connectivity index (χ0v) is 8.72. The van der Waals surface area contributed by atoms with Gasteiger partial charge in [0.25, 0.3) is 0 Å². The highest BCUT2D eigenvalue weighted by Gasteiger charge is 2.19. The molecule has 0 heterocycles. The second-order valence-electron chi connectivity index (χ2n) is 2.23. The molecule has 0 radical (unpaired) electrons. The van der Waals surface area contributed by atoms with Gasteiger partial charge in [-0.1, -0.05) is 19.1 Å². The molecule has 0 N–H and O–H groups in total. The largest absolute Gasteiger partial charge is 0.206 e. The maximum atomic E-state index is 8.70. The first-order valence-corrected chi connectivity index (χ1v) is 4.82. The van der Waals surface area contributed by atoms with Crippen LogP contribution >= 0.6 is 36.6 Å². The van der Waals surface area contributed by atoms with Crippen molar-refractivity contribution in [3.05, 3.63) is 0 Å². The van der Waals surface area contributed by atoms with Crippen molar-refractivity contribution in [2.24, 2.45) is 0 Å². The first kappa shape index (κ1) is 10.3. The third-order valence-electron chi connectivity index (χ3n) is 1.34. The summed E-state index contributed by atoms with van der Waals surface area (Å²) >= 11 is 9.16. The fraction of sp³-hybridized carbons (Fsp3) is 0.667. The van der Waals surface area contributed by atoms with E-state index in [-0.39, 0.29) is 4.75 Å². The van der Waals surface area contributed by atoms with E-state index in [0.29, 0.717) is 15.3 Å². The van der Waals surface area contributed by atoms with Crippen molar-refractivity contribution >= 4 is 40.1 Å². The van der Waals surface area contributed by atoms with Crippen LogP contribution in [0.5, 0.6) is 0 Å². The molecule has 0 saturated carbocycles. The molecule has 0 fully saturated rings. The summed E-state index contributed by atoms with van der Waals surface area (Å²) in [6.07, 6.45) is 0.836. The number of hydrogen-bond acceptors (Lipinski definition) is 2. The minimum Gasteiger partial charge on any atom is -0.206 e. The van der Waals surface area contributed by atoms with Crippen molar-refractivity contribution in [2.45, 2.75) is 25.0 Å². The van der Waals surface area contributed by atoms with E-state index in [1.165, 1.54) is 0 Å². The maximum Gasteiger partial charge on any atom is 0.0844 e. The van der Waals surface area contributed by atoms with Gasteiger partial charge in [-0.15, -0.1) is 12.6 Å². The number of hydrogen-bond donors (Lipinski definition) is 1. The summed E-state index contributed by atoms with van der Waals surface area (Å²) in [6.45, 7) is 3.90. The highest BCUT2D eigenvalue weighted by molar-refractivity contribution is 8.42. The third kappa shape index (κ3) is 3.45. The summed E-state index contributed by atoms with van der Waals surface area (Å²) in [5, 5.41) is 8.70. The van der Waals surface area contributed by atoms with Crippen LogP contribution in [-0.4, -0.2) is 8.28 Å². The Kier molecular flexibility index (Phi) is 4.34. The van der Waals surface area contributed by atoms with Crippen LogP contribution in [0.15, 0.2) is 0 Å². The van der Waals surface area contributed by atoms with Crippen LogP contribution in [0.2, 0.25) is 0 Å². The molecule has 0 aromatic carbocycles. The molecule has 4 heteroatoms. The van der Waals surface area contributed by atoms with Gasteiger partial charge in [-0.2, -0.15) is 5.26 Å². The first-order valence-electron chi connectivity index (χ1n) is 2.96. The molecule has 58 valence electrons. The smallest absolute Gasteiger partial charge is 0.0844 e. The lowest BCUT2D eigenvalue weighted by Gasteiger charge is -2.19. The number of thiol groups is 1. The fourth-order valence-corrected chi connectivity index (χ4v) is 2.55. The van der Waals surface area contributed by atoms with Crippen LogP contribution in [0, 0.1) is 11.3 Å². The molecular weight excluding hydrogens is 182 g/mol. The lowest BCUT2D eigenvalue weighted by atomic mass is 10.1. The van der Waals surface area contributed by atoms with E-state index in [9.17, 15) is 0 Å². The van der Waals surface area contributed by atoms with Gasteiger partial charge in [-0.25, -0.2) is 11.8 Å². The molecule has 1 atom stereocenters. The molecule has 0 amide bonds. The van der Waals surface area contributed by atoms with Crippen molar-refractivity contribution in [2.75, 3.05) is 0 Å². The highest BCUT2D eigenvalue weighted by atomic mass is 32.2. The first-order chi connectivity index (χ1) is 4.54. The van der Waals surface area contributed by atoms with E-state index in [2.05, 4.69) is 18.7 Å². The second kappa shape index (κ2) is 4.22. The molecule has 0 spiro atoms. The van der Waals surface area contributed by atoms with E-state index >= 15 is 0 Å². The molecule has 0 aliphatic carbocycles. The Morgan fingerprint density at radius 3 is 2.50 bits per heavy atom. The van der Waals surface area contributed by atoms with Crippen LogP contribution in [0.3, 0.4) is 0 Å². The van der Waals surface area contributed by atoms with Gasteiger partial charge in [-0.05, 0) is 13.3 Å². The molecule has 0 bridgehead atoms. The van der Waals surface area contributed by atoms with Gasteiger partial charge in [0, 0.05) is 0 Å².